The van der Waals surface area contributed by atoms with Crippen molar-refractivity contribution in [2.45, 2.75) is 16.2 Å². The molecule has 0 spiro atoms. The van der Waals surface area contributed by atoms with Gasteiger partial charge in [-0.25, -0.2) is 4.68 Å². The Bertz CT molecular complexity index is 1080. The SMILES string of the molecule is O=CCc1cnc(-c2nn(-c3ccccc3)cc2Sc2ccc(Cl)cc2)cn1. The van der Waals surface area contributed by atoms with Gasteiger partial charge in [-0.05, 0) is 36.4 Å². The van der Waals surface area contributed by atoms with Crippen LogP contribution >= 0.6 is 23.4 Å². The topological polar surface area (TPSA) is 60.7 Å². The normalized spacial score (nSPS) is 10.8. The summed E-state index contributed by atoms with van der Waals surface area (Å²) in [6.45, 7) is 0. The Morgan fingerprint density at radius 2 is 1.79 bits per heavy atom. The third-order valence-electron chi connectivity index (χ3n) is 3.98. The highest BCUT2D eigenvalue weighted by molar-refractivity contribution is 7.99. The number of hydrogen-bond donors (Lipinski definition) is 0. The second kappa shape index (κ2) is 8.37. The first-order valence-corrected chi connectivity index (χ1v) is 9.76. The molecule has 0 aliphatic rings. The van der Waals surface area contributed by atoms with Crippen LogP contribution in [0.5, 0.6) is 0 Å². The van der Waals surface area contributed by atoms with Crippen LogP contribution in [0.3, 0.4) is 0 Å². The fourth-order valence-electron chi connectivity index (χ4n) is 2.62. The maximum absolute atomic E-state index is 10.7. The number of rotatable bonds is 6. The monoisotopic (exact) mass is 406 g/mol. The second-order valence-electron chi connectivity index (χ2n) is 5.94. The lowest BCUT2D eigenvalue weighted by molar-refractivity contribution is -0.107. The van der Waals surface area contributed by atoms with E-state index in [9.17, 15) is 4.79 Å². The van der Waals surface area contributed by atoms with Gasteiger partial charge in [0.25, 0.3) is 0 Å². The second-order valence-corrected chi connectivity index (χ2v) is 7.49. The van der Waals surface area contributed by atoms with E-state index in [1.807, 2.05) is 65.5 Å². The molecule has 2 heterocycles. The summed E-state index contributed by atoms with van der Waals surface area (Å²) in [5, 5.41) is 5.43. The minimum atomic E-state index is 0.248. The van der Waals surface area contributed by atoms with Gasteiger partial charge in [0.2, 0.25) is 0 Å². The van der Waals surface area contributed by atoms with Gasteiger partial charge in [0.1, 0.15) is 17.7 Å². The number of para-hydroxylation sites is 1. The van der Waals surface area contributed by atoms with Crippen molar-refractivity contribution in [3.8, 4) is 17.1 Å². The fourth-order valence-corrected chi connectivity index (χ4v) is 3.67. The Balaban J connectivity index is 1.75. The van der Waals surface area contributed by atoms with E-state index in [2.05, 4.69) is 9.97 Å². The van der Waals surface area contributed by atoms with E-state index >= 15 is 0 Å². The Morgan fingerprint density at radius 3 is 2.46 bits per heavy atom. The first-order valence-electron chi connectivity index (χ1n) is 8.56. The fraction of sp³-hybridized carbons (Fsp3) is 0.0476. The summed E-state index contributed by atoms with van der Waals surface area (Å²) in [5.74, 6) is 0. The van der Waals surface area contributed by atoms with Crippen LogP contribution in [0.2, 0.25) is 5.02 Å². The first kappa shape index (κ1) is 18.4. The molecular weight excluding hydrogens is 392 g/mol. The van der Waals surface area contributed by atoms with Crippen molar-refractivity contribution in [3.63, 3.8) is 0 Å². The lowest BCUT2D eigenvalue weighted by Gasteiger charge is -2.03. The Morgan fingerprint density at radius 1 is 1.00 bits per heavy atom. The zero-order valence-electron chi connectivity index (χ0n) is 14.7. The van der Waals surface area contributed by atoms with Crippen LogP contribution in [-0.2, 0) is 11.2 Å². The van der Waals surface area contributed by atoms with Crippen molar-refractivity contribution in [1.29, 1.82) is 0 Å². The third kappa shape index (κ3) is 4.13. The van der Waals surface area contributed by atoms with Gasteiger partial charge in [-0.15, -0.1) is 0 Å². The smallest absolute Gasteiger partial charge is 0.127 e. The molecule has 0 saturated carbocycles. The summed E-state index contributed by atoms with van der Waals surface area (Å²) in [4.78, 5) is 21.4. The molecule has 4 rings (SSSR count). The Hall–Kier alpha value is -2.96. The van der Waals surface area contributed by atoms with Gasteiger partial charge in [0.05, 0.1) is 22.5 Å². The van der Waals surface area contributed by atoms with E-state index in [-0.39, 0.29) is 6.42 Å². The lowest BCUT2D eigenvalue weighted by Crippen LogP contribution is -1.97. The van der Waals surface area contributed by atoms with Crippen LogP contribution in [0, 0.1) is 0 Å². The maximum atomic E-state index is 10.7. The molecule has 0 aliphatic carbocycles. The molecular formula is C21H15ClN4OS. The molecule has 2 aromatic heterocycles. The molecule has 7 heteroatoms. The molecule has 0 saturated heterocycles. The zero-order valence-corrected chi connectivity index (χ0v) is 16.3. The predicted octanol–water partition coefficient (Wildman–Crippen LogP) is 4.88. The Kier molecular flexibility index (Phi) is 5.50. The van der Waals surface area contributed by atoms with Crippen molar-refractivity contribution < 1.29 is 4.79 Å². The van der Waals surface area contributed by atoms with E-state index in [1.54, 1.807) is 24.2 Å². The van der Waals surface area contributed by atoms with E-state index in [0.717, 1.165) is 27.5 Å². The molecule has 4 aromatic rings. The average molecular weight is 407 g/mol. The van der Waals surface area contributed by atoms with Gasteiger partial charge in [-0.2, -0.15) is 5.10 Å². The standard InChI is InChI=1S/C21H15ClN4OS/c22-15-6-8-18(9-7-15)28-20-14-26(17-4-2-1-3-5-17)25-21(20)19-13-23-16(10-11-27)12-24-19/h1-9,11-14H,10H2. The summed E-state index contributed by atoms with van der Waals surface area (Å²) < 4.78 is 1.83. The zero-order chi connectivity index (χ0) is 19.3. The van der Waals surface area contributed by atoms with E-state index in [0.29, 0.717) is 16.4 Å². The minimum absolute atomic E-state index is 0.248. The van der Waals surface area contributed by atoms with Gasteiger partial charge >= 0.3 is 0 Å². The highest BCUT2D eigenvalue weighted by Gasteiger charge is 2.15. The van der Waals surface area contributed by atoms with Gasteiger partial charge in [0.15, 0.2) is 0 Å². The number of benzene rings is 2. The lowest BCUT2D eigenvalue weighted by atomic mass is 10.3. The van der Waals surface area contributed by atoms with Gasteiger partial charge in [-0.1, -0.05) is 41.6 Å². The predicted molar refractivity (Wildman–Crippen MR) is 110 cm³/mol. The number of aromatic nitrogens is 4. The van der Waals surface area contributed by atoms with Crippen LogP contribution in [0.15, 0.2) is 83.0 Å². The molecule has 0 aliphatic heterocycles. The van der Waals surface area contributed by atoms with Gasteiger partial charge in [0, 0.05) is 28.7 Å². The maximum Gasteiger partial charge on any atom is 0.127 e. The van der Waals surface area contributed by atoms with Crippen molar-refractivity contribution in [2.24, 2.45) is 0 Å². The first-order chi connectivity index (χ1) is 13.7. The van der Waals surface area contributed by atoms with Crippen LogP contribution in [0.25, 0.3) is 17.1 Å². The molecule has 0 N–H and O–H groups in total. The molecule has 138 valence electrons. The highest BCUT2D eigenvalue weighted by atomic mass is 35.5. The summed E-state index contributed by atoms with van der Waals surface area (Å²) in [6, 6.07) is 17.5. The Labute approximate surface area is 171 Å². The molecule has 28 heavy (non-hydrogen) atoms. The van der Waals surface area contributed by atoms with Crippen molar-refractivity contribution in [3.05, 3.63) is 83.9 Å². The number of aldehydes is 1. The van der Waals surface area contributed by atoms with E-state index < -0.39 is 0 Å². The van der Waals surface area contributed by atoms with Crippen molar-refractivity contribution >= 4 is 29.6 Å². The van der Waals surface area contributed by atoms with Crippen molar-refractivity contribution in [1.82, 2.24) is 19.7 Å². The van der Waals surface area contributed by atoms with Crippen molar-refractivity contribution in [2.75, 3.05) is 0 Å². The van der Waals surface area contributed by atoms with Crippen LogP contribution in [0.4, 0.5) is 0 Å². The van der Waals surface area contributed by atoms with E-state index in [4.69, 9.17) is 16.7 Å². The van der Waals surface area contributed by atoms with Crippen LogP contribution in [0.1, 0.15) is 5.69 Å². The molecule has 0 amide bonds. The number of carbonyl (C=O) groups excluding carboxylic acids is 1. The van der Waals surface area contributed by atoms with Crippen LogP contribution < -0.4 is 0 Å². The summed E-state index contributed by atoms with van der Waals surface area (Å²) in [5.41, 5.74) is 2.97. The minimum Gasteiger partial charge on any atom is -0.303 e. The quantitative estimate of drug-likeness (QED) is 0.427. The van der Waals surface area contributed by atoms with Crippen LogP contribution in [-0.4, -0.2) is 26.0 Å². The molecule has 0 radical (unpaired) electrons. The third-order valence-corrected chi connectivity index (χ3v) is 5.26. The number of carbonyl (C=O) groups is 1. The summed E-state index contributed by atoms with van der Waals surface area (Å²) >= 11 is 7.58. The molecule has 0 unspecified atom stereocenters. The van der Waals surface area contributed by atoms with Gasteiger partial charge in [-0.3, -0.25) is 9.97 Å². The highest BCUT2D eigenvalue weighted by Crippen LogP contribution is 2.35. The van der Waals surface area contributed by atoms with E-state index in [1.165, 1.54) is 0 Å². The molecule has 0 fully saturated rings. The largest absolute Gasteiger partial charge is 0.303 e. The number of halogens is 1. The summed E-state index contributed by atoms with van der Waals surface area (Å²) in [7, 11) is 0. The summed E-state index contributed by atoms with van der Waals surface area (Å²) in [6.07, 6.45) is 6.31. The number of nitrogens with zero attached hydrogens (tertiary/aromatic N) is 4. The molecule has 5 nitrogen and oxygen atoms in total. The molecule has 0 bridgehead atoms. The molecule has 2 aromatic carbocycles. The van der Waals surface area contributed by atoms with Gasteiger partial charge < -0.3 is 4.79 Å². The number of hydrogen-bond acceptors (Lipinski definition) is 5. The average Bonchev–Trinajstić information content (AvgIpc) is 3.15. The molecule has 0 atom stereocenters.